The van der Waals surface area contributed by atoms with Gasteiger partial charge in [-0.05, 0) is 16.3 Å². The second-order valence-electron chi connectivity index (χ2n) is 3.19. The first kappa shape index (κ1) is 12.9. The molecule has 0 spiro atoms. The first-order valence-electron chi connectivity index (χ1n) is 4.44. The van der Waals surface area contributed by atoms with Crippen molar-refractivity contribution in [2.45, 2.75) is 6.42 Å². The van der Waals surface area contributed by atoms with Crippen molar-refractivity contribution in [3.8, 4) is 0 Å². The number of fused-ring (bicyclic) bond motifs is 1. The van der Waals surface area contributed by atoms with Gasteiger partial charge in [0, 0.05) is 12.4 Å². The maximum absolute atomic E-state index is 10.5. The van der Waals surface area contributed by atoms with Crippen molar-refractivity contribution in [2.24, 2.45) is 0 Å². The molecule has 0 atom stereocenters. The van der Waals surface area contributed by atoms with Crippen molar-refractivity contribution in [3.05, 3.63) is 48.0 Å². The Morgan fingerprint density at radius 2 is 1.73 bits per heavy atom. The van der Waals surface area contributed by atoms with Crippen LogP contribution in [0.3, 0.4) is 0 Å². The van der Waals surface area contributed by atoms with Gasteiger partial charge < -0.3 is 9.90 Å². The molecule has 15 heavy (non-hydrogen) atoms. The first-order chi connectivity index (χ1) is 6.77. The van der Waals surface area contributed by atoms with Crippen LogP contribution in [0, 0.1) is 0 Å². The summed E-state index contributed by atoms with van der Waals surface area (Å²) in [4.78, 5) is 10.5. The molecule has 0 aromatic heterocycles. The Morgan fingerprint density at radius 1 is 1.07 bits per heavy atom. The summed E-state index contributed by atoms with van der Waals surface area (Å²) in [5.41, 5.74) is 0.808. The molecule has 2 rings (SSSR count). The third kappa shape index (κ3) is 3.13. The van der Waals surface area contributed by atoms with Gasteiger partial charge in [0.1, 0.15) is 0 Å². The molecule has 2 aromatic carbocycles. The molecule has 2 nitrogen and oxygen atoms in total. The Bertz CT molecular complexity index is 475. The van der Waals surface area contributed by atoms with Gasteiger partial charge in [-0.25, -0.2) is 0 Å². The second-order valence-corrected chi connectivity index (χ2v) is 3.19. The van der Waals surface area contributed by atoms with E-state index < -0.39 is 5.97 Å². The van der Waals surface area contributed by atoms with Crippen molar-refractivity contribution in [1.29, 1.82) is 0 Å². The number of carboxylic acids is 1. The summed E-state index contributed by atoms with van der Waals surface area (Å²) in [7, 11) is 0. The number of rotatable bonds is 2. The molecule has 2 aromatic rings. The molecular weight excluding hydrogens is 215 g/mol. The summed E-state index contributed by atoms with van der Waals surface area (Å²) < 4.78 is 0. The van der Waals surface area contributed by atoms with E-state index in [1.807, 2.05) is 42.5 Å². The molecule has 0 saturated heterocycles. The summed E-state index contributed by atoms with van der Waals surface area (Å²) in [5.74, 6) is -1.04. The minimum absolute atomic E-state index is 0. The molecule has 0 unspecified atom stereocenters. The third-order valence-corrected chi connectivity index (χ3v) is 2.21. The number of carboxylic acid groups (broad SMARTS) is 1. The fourth-order valence-electron chi connectivity index (χ4n) is 1.60. The Kier molecular flexibility index (Phi) is 4.95. The van der Waals surface area contributed by atoms with Gasteiger partial charge >= 0.3 is 51.4 Å². The quantitative estimate of drug-likeness (QED) is 0.561. The number of carbonyl (C=O) groups excluding carboxylic acids is 1. The maximum Gasteiger partial charge on any atom is 1.00 e. The number of aliphatic carboxylic acids is 1. The zero-order valence-electron chi connectivity index (χ0n) is 8.57. The van der Waals surface area contributed by atoms with Gasteiger partial charge in [-0.2, -0.15) is 0 Å². The zero-order valence-corrected chi connectivity index (χ0v) is 11.7. The molecule has 0 saturated carbocycles. The fourth-order valence-corrected chi connectivity index (χ4v) is 1.60. The standard InChI is InChI=1S/C12H10O2.K/c13-12(14)8-10-6-3-5-9-4-1-2-7-11(9)10;/h1-7H,8H2,(H,13,14);/q;+1/p-1. The van der Waals surface area contributed by atoms with E-state index in [1.54, 1.807) is 0 Å². The van der Waals surface area contributed by atoms with E-state index in [1.165, 1.54) is 0 Å². The predicted octanol–water partition coefficient (Wildman–Crippen LogP) is -1.86. The van der Waals surface area contributed by atoms with Crippen molar-refractivity contribution < 1.29 is 61.3 Å². The monoisotopic (exact) mass is 224 g/mol. The second kappa shape index (κ2) is 5.77. The van der Waals surface area contributed by atoms with Crippen LogP contribution < -0.4 is 56.5 Å². The van der Waals surface area contributed by atoms with Crippen LogP contribution in [0.4, 0.5) is 0 Å². The van der Waals surface area contributed by atoms with Crippen LogP contribution in [0.1, 0.15) is 5.56 Å². The van der Waals surface area contributed by atoms with E-state index in [9.17, 15) is 9.90 Å². The predicted molar refractivity (Wildman–Crippen MR) is 52.7 cm³/mol. The maximum atomic E-state index is 10.5. The van der Waals surface area contributed by atoms with Gasteiger partial charge in [-0.15, -0.1) is 0 Å². The zero-order chi connectivity index (χ0) is 9.97. The van der Waals surface area contributed by atoms with Crippen LogP contribution in [0.2, 0.25) is 0 Å². The van der Waals surface area contributed by atoms with Crippen LogP contribution >= 0.6 is 0 Å². The van der Waals surface area contributed by atoms with E-state index in [-0.39, 0.29) is 57.8 Å². The van der Waals surface area contributed by atoms with Gasteiger partial charge in [0.05, 0.1) is 0 Å². The topological polar surface area (TPSA) is 40.1 Å². The Hall–Kier alpha value is -0.194. The molecule has 0 heterocycles. The molecule has 0 bridgehead atoms. The van der Waals surface area contributed by atoms with Gasteiger partial charge in [0.25, 0.3) is 0 Å². The van der Waals surface area contributed by atoms with Crippen LogP contribution in [-0.2, 0) is 11.2 Å². The molecule has 0 radical (unpaired) electrons. The van der Waals surface area contributed by atoms with Gasteiger partial charge in [0.15, 0.2) is 0 Å². The number of hydrogen-bond donors (Lipinski definition) is 0. The molecule has 0 aliphatic heterocycles. The Morgan fingerprint density at radius 3 is 2.47 bits per heavy atom. The molecular formula is C12H9KO2. The van der Waals surface area contributed by atoms with Gasteiger partial charge in [-0.3, -0.25) is 0 Å². The number of benzene rings is 2. The largest absolute Gasteiger partial charge is 1.00 e. The molecule has 0 amide bonds. The van der Waals surface area contributed by atoms with Crippen LogP contribution in [-0.4, -0.2) is 5.97 Å². The minimum atomic E-state index is -1.04. The van der Waals surface area contributed by atoms with E-state index in [0.29, 0.717) is 0 Å². The fraction of sp³-hybridized carbons (Fsp3) is 0.0833. The van der Waals surface area contributed by atoms with Crippen molar-refractivity contribution in [2.75, 3.05) is 0 Å². The van der Waals surface area contributed by atoms with Crippen molar-refractivity contribution in [3.63, 3.8) is 0 Å². The SMILES string of the molecule is O=C([O-])Cc1cccc2ccccc12.[K+]. The number of hydrogen-bond acceptors (Lipinski definition) is 2. The molecule has 0 N–H and O–H groups in total. The van der Waals surface area contributed by atoms with Gasteiger partial charge in [0.2, 0.25) is 0 Å². The normalized spacial score (nSPS) is 9.60. The molecule has 70 valence electrons. The third-order valence-electron chi connectivity index (χ3n) is 2.21. The Labute approximate surface area is 131 Å². The van der Waals surface area contributed by atoms with Crippen LogP contribution in [0.25, 0.3) is 10.8 Å². The molecule has 0 aliphatic carbocycles. The smallest absolute Gasteiger partial charge is 0.550 e. The Balaban J connectivity index is 0.00000112. The van der Waals surface area contributed by atoms with Crippen LogP contribution in [0.15, 0.2) is 42.5 Å². The van der Waals surface area contributed by atoms with Gasteiger partial charge in [-0.1, -0.05) is 42.5 Å². The first-order valence-corrected chi connectivity index (χ1v) is 4.44. The van der Waals surface area contributed by atoms with E-state index in [4.69, 9.17) is 0 Å². The minimum Gasteiger partial charge on any atom is -0.550 e. The number of carbonyl (C=O) groups is 1. The average molecular weight is 224 g/mol. The summed E-state index contributed by atoms with van der Waals surface area (Å²) in [5, 5.41) is 12.5. The average Bonchev–Trinajstić information content (AvgIpc) is 2.18. The van der Waals surface area contributed by atoms with Crippen molar-refractivity contribution in [1.82, 2.24) is 0 Å². The molecule has 3 heteroatoms. The van der Waals surface area contributed by atoms with E-state index >= 15 is 0 Å². The van der Waals surface area contributed by atoms with E-state index in [0.717, 1.165) is 16.3 Å². The molecule has 0 aliphatic rings. The summed E-state index contributed by atoms with van der Waals surface area (Å²) in [6, 6.07) is 13.4. The van der Waals surface area contributed by atoms with E-state index in [2.05, 4.69) is 0 Å². The van der Waals surface area contributed by atoms with Crippen molar-refractivity contribution >= 4 is 16.7 Å². The summed E-state index contributed by atoms with van der Waals surface area (Å²) in [6.45, 7) is 0. The summed E-state index contributed by atoms with van der Waals surface area (Å²) >= 11 is 0. The summed E-state index contributed by atoms with van der Waals surface area (Å²) in [6.07, 6.45) is -0.0264. The molecule has 0 fully saturated rings. The van der Waals surface area contributed by atoms with Crippen LogP contribution in [0.5, 0.6) is 0 Å².